The van der Waals surface area contributed by atoms with Crippen LogP contribution in [0.15, 0.2) is 18.5 Å². The number of hydrogen-bond donors (Lipinski definition) is 2. The van der Waals surface area contributed by atoms with Crippen molar-refractivity contribution in [1.29, 1.82) is 0 Å². The maximum atomic E-state index is 12.1. The molecule has 0 aliphatic carbocycles. The summed E-state index contributed by atoms with van der Waals surface area (Å²) in [7, 11) is 0. The number of carbonyl (C=O) groups is 1. The summed E-state index contributed by atoms with van der Waals surface area (Å²) in [6.45, 7) is 0. The molecule has 0 fully saturated rings. The number of pyridine rings is 1. The maximum Gasteiger partial charge on any atom is 0.417 e. The molecule has 76 valence electrons. The Labute approximate surface area is 76.9 Å². The highest BCUT2D eigenvalue weighted by atomic mass is 19.4. The van der Waals surface area contributed by atoms with E-state index in [0.717, 1.165) is 12.3 Å². The largest absolute Gasteiger partial charge is 0.417 e. The van der Waals surface area contributed by atoms with Crippen LogP contribution < -0.4 is 11.1 Å². The number of aromatic nitrogens is 1. The van der Waals surface area contributed by atoms with Crippen LogP contribution in [0.1, 0.15) is 5.56 Å². The number of anilines is 1. The van der Waals surface area contributed by atoms with E-state index >= 15 is 0 Å². The third-order valence-electron chi connectivity index (χ3n) is 1.33. The van der Waals surface area contributed by atoms with Gasteiger partial charge in [0.25, 0.3) is 0 Å². The highest BCUT2D eigenvalue weighted by molar-refractivity contribution is 5.87. The lowest BCUT2D eigenvalue weighted by Gasteiger charge is -2.07. The average molecular weight is 205 g/mol. The molecule has 3 N–H and O–H groups in total. The zero-order valence-electron chi connectivity index (χ0n) is 6.80. The summed E-state index contributed by atoms with van der Waals surface area (Å²) in [4.78, 5) is 13.6. The Balaban J connectivity index is 2.95. The zero-order chi connectivity index (χ0) is 10.8. The monoisotopic (exact) mass is 205 g/mol. The second-order valence-electron chi connectivity index (χ2n) is 2.45. The highest BCUT2D eigenvalue weighted by Gasteiger charge is 2.31. The molecule has 0 saturated heterocycles. The number of primary amides is 1. The van der Waals surface area contributed by atoms with Crippen molar-refractivity contribution in [3.05, 3.63) is 24.0 Å². The van der Waals surface area contributed by atoms with Crippen LogP contribution >= 0.6 is 0 Å². The molecule has 1 aromatic rings. The third kappa shape index (κ3) is 2.61. The first kappa shape index (κ1) is 10.3. The van der Waals surface area contributed by atoms with Crippen molar-refractivity contribution in [2.75, 3.05) is 5.32 Å². The molecule has 14 heavy (non-hydrogen) atoms. The van der Waals surface area contributed by atoms with Gasteiger partial charge in [0.05, 0.1) is 17.4 Å². The van der Waals surface area contributed by atoms with Crippen molar-refractivity contribution >= 4 is 11.7 Å². The molecule has 0 radical (unpaired) electrons. The standard InChI is InChI=1S/C7H6F3N3O/c8-7(9,10)4-1-5(3-12-2-4)13-6(11)14/h1-3H,(H3,11,13,14). The molecular formula is C7H6F3N3O. The maximum absolute atomic E-state index is 12.1. The van der Waals surface area contributed by atoms with Gasteiger partial charge in [-0.05, 0) is 6.07 Å². The van der Waals surface area contributed by atoms with Crippen molar-refractivity contribution in [2.24, 2.45) is 5.73 Å². The van der Waals surface area contributed by atoms with Crippen LogP contribution in [0, 0.1) is 0 Å². The number of amides is 2. The molecule has 2 amide bonds. The van der Waals surface area contributed by atoms with E-state index in [1.54, 1.807) is 0 Å². The summed E-state index contributed by atoms with van der Waals surface area (Å²) >= 11 is 0. The van der Waals surface area contributed by atoms with Gasteiger partial charge in [-0.25, -0.2) is 4.79 Å². The average Bonchev–Trinajstić information content (AvgIpc) is 2.01. The first-order chi connectivity index (χ1) is 6.39. The topological polar surface area (TPSA) is 68.0 Å². The van der Waals surface area contributed by atoms with Gasteiger partial charge in [0.15, 0.2) is 0 Å². The van der Waals surface area contributed by atoms with Crippen molar-refractivity contribution < 1.29 is 18.0 Å². The fraction of sp³-hybridized carbons (Fsp3) is 0.143. The molecule has 0 atom stereocenters. The summed E-state index contributed by atoms with van der Waals surface area (Å²) in [6, 6.07) is -0.191. The van der Waals surface area contributed by atoms with Gasteiger partial charge in [-0.2, -0.15) is 13.2 Å². The van der Waals surface area contributed by atoms with Gasteiger partial charge in [0.2, 0.25) is 0 Å². The van der Waals surface area contributed by atoms with Crippen LogP contribution in [0.4, 0.5) is 23.7 Å². The summed E-state index contributed by atoms with van der Waals surface area (Å²) in [6.07, 6.45) is -2.76. The van der Waals surface area contributed by atoms with Gasteiger partial charge in [-0.3, -0.25) is 4.98 Å². The summed E-state index contributed by atoms with van der Waals surface area (Å²) in [5.41, 5.74) is 3.69. The van der Waals surface area contributed by atoms with Crippen LogP contribution in [0.25, 0.3) is 0 Å². The Kier molecular flexibility index (Phi) is 2.59. The Morgan fingerprint density at radius 2 is 2.07 bits per heavy atom. The SMILES string of the molecule is NC(=O)Nc1cncc(C(F)(F)F)c1. The fourth-order valence-electron chi connectivity index (χ4n) is 0.806. The first-order valence-corrected chi connectivity index (χ1v) is 3.48. The molecule has 0 saturated carbocycles. The van der Waals surface area contributed by atoms with E-state index in [2.05, 4.69) is 4.98 Å². The van der Waals surface area contributed by atoms with E-state index in [-0.39, 0.29) is 5.69 Å². The van der Waals surface area contributed by atoms with Crippen molar-refractivity contribution in [2.45, 2.75) is 6.18 Å². The lowest BCUT2D eigenvalue weighted by Crippen LogP contribution is -2.19. The van der Waals surface area contributed by atoms with E-state index in [9.17, 15) is 18.0 Å². The molecule has 0 aromatic carbocycles. The molecule has 0 aliphatic heterocycles. The molecule has 1 heterocycles. The van der Waals surface area contributed by atoms with Crippen LogP contribution in [0.2, 0.25) is 0 Å². The van der Waals surface area contributed by atoms with E-state index in [1.165, 1.54) is 0 Å². The van der Waals surface area contributed by atoms with Gasteiger partial charge in [0, 0.05) is 6.20 Å². The first-order valence-electron chi connectivity index (χ1n) is 3.48. The number of nitrogens with two attached hydrogens (primary N) is 1. The van der Waals surface area contributed by atoms with Gasteiger partial charge < -0.3 is 11.1 Å². The van der Waals surface area contributed by atoms with Crippen LogP contribution in [0.5, 0.6) is 0 Å². The fourth-order valence-corrected chi connectivity index (χ4v) is 0.806. The number of carbonyl (C=O) groups excluding carboxylic acids is 1. The molecule has 0 spiro atoms. The smallest absolute Gasteiger partial charge is 0.351 e. The number of urea groups is 1. The number of alkyl halides is 3. The normalized spacial score (nSPS) is 11.1. The quantitative estimate of drug-likeness (QED) is 0.730. The Hall–Kier alpha value is -1.79. The van der Waals surface area contributed by atoms with Crippen LogP contribution in [0.3, 0.4) is 0 Å². The number of halogens is 3. The number of nitrogens with zero attached hydrogens (tertiary/aromatic N) is 1. The number of hydrogen-bond acceptors (Lipinski definition) is 2. The van der Waals surface area contributed by atoms with Crippen molar-refractivity contribution in [3.8, 4) is 0 Å². The molecule has 7 heteroatoms. The van der Waals surface area contributed by atoms with Gasteiger partial charge in [-0.15, -0.1) is 0 Å². The predicted octanol–water partition coefficient (Wildman–Crippen LogP) is 1.59. The molecule has 1 aromatic heterocycles. The highest BCUT2D eigenvalue weighted by Crippen LogP contribution is 2.29. The van der Waals surface area contributed by atoms with E-state index < -0.39 is 17.8 Å². The molecule has 0 unspecified atom stereocenters. The summed E-state index contributed by atoms with van der Waals surface area (Å²) in [5.74, 6) is 0. The van der Waals surface area contributed by atoms with Crippen molar-refractivity contribution in [1.82, 2.24) is 4.98 Å². The minimum Gasteiger partial charge on any atom is -0.351 e. The lowest BCUT2D eigenvalue weighted by atomic mass is 10.2. The Bertz CT molecular complexity index is 350. The number of nitrogens with one attached hydrogen (secondary N) is 1. The Morgan fingerprint density at radius 3 is 2.57 bits per heavy atom. The number of rotatable bonds is 1. The molecule has 0 bridgehead atoms. The Morgan fingerprint density at radius 1 is 1.43 bits per heavy atom. The summed E-state index contributed by atoms with van der Waals surface area (Å²) < 4.78 is 36.4. The van der Waals surface area contributed by atoms with E-state index in [1.807, 2.05) is 5.32 Å². The molecule has 1 rings (SSSR count). The van der Waals surface area contributed by atoms with E-state index in [0.29, 0.717) is 6.20 Å². The van der Waals surface area contributed by atoms with Crippen LogP contribution in [-0.4, -0.2) is 11.0 Å². The molecular weight excluding hydrogens is 199 g/mol. The summed E-state index contributed by atoms with van der Waals surface area (Å²) in [5, 5.41) is 1.99. The zero-order valence-corrected chi connectivity index (χ0v) is 6.80. The minimum absolute atomic E-state index is 0.0904. The van der Waals surface area contributed by atoms with Crippen LogP contribution in [-0.2, 0) is 6.18 Å². The molecule has 0 aliphatic rings. The lowest BCUT2D eigenvalue weighted by molar-refractivity contribution is -0.137. The third-order valence-corrected chi connectivity index (χ3v) is 1.33. The van der Waals surface area contributed by atoms with Gasteiger partial charge in [-0.1, -0.05) is 0 Å². The second kappa shape index (κ2) is 3.52. The minimum atomic E-state index is -4.48. The predicted molar refractivity (Wildman–Crippen MR) is 42.4 cm³/mol. The second-order valence-corrected chi connectivity index (χ2v) is 2.45. The molecule has 4 nitrogen and oxygen atoms in total. The van der Waals surface area contributed by atoms with Gasteiger partial charge in [0.1, 0.15) is 0 Å². The van der Waals surface area contributed by atoms with Gasteiger partial charge >= 0.3 is 12.2 Å². The van der Waals surface area contributed by atoms with E-state index in [4.69, 9.17) is 5.73 Å². The van der Waals surface area contributed by atoms with Crippen molar-refractivity contribution in [3.63, 3.8) is 0 Å².